The fourth-order valence-corrected chi connectivity index (χ4v) is 9.70. The van der Waals surface area contributed by atoms with E-state index in [0.29, 0.717) is 0 Å². The van der Waals surface area contributed by atoms with Crippen molar-refractivity contribution in [1.82, 2.24) is 0 Å². The van der Waals surface area contributed by atoms with Crippen molar-refractivity contribution in [1.29, 1.82) is 0 Å². The Labute approximate surface area is 306 Å². The Kier molecular flexibility index (Phi) is 5.90. The lowest BCUT2D eigenvalue weighted by atomic mass is 10.0. The number of para-hydroxylation sites is 5. The van der Waals surface area contributed by atoms with Crippen LogP contribution in [0, 0.1) is 0 Å². The first-order valence-corrected chi connectivity index (χ1v) is 18.6. The molecular weight excluding hydrogens is 671 g/mol. The Morgan fingerprint density at radius 2 is 0.887 bits per heavy atom. The summed E-state index contributed by atoms with van der Waals surface area (Å²) in [5.41, 5.74) is 10.5. The van der Waals surface area contributed by atoms with E-state index in [4.69, 9.17) is 13.3 Å². The minimum atomic E-state index is 0.832. The first-order valence-electron chi connectivity index (χ1n) is 17.7. The van der Waals surface area contributed by atoms with Crippen LogP contribution in [-0.2, 0) is 0 Å². The molecule has 0 saturated heterocycles. The molecule has 0 N–H and O–H groups in total. The van der Waals surface area contributed by atoms with E-state index in [1.165, 1.54) is 31.1 Å². The van der Waals surface area contributed by atoms with E-state index < -0.39 is 0 Å². The van der Waals surface area contributed by atoms with E-state index in [2.05, 4.69) is 132 Å². The molecule has 4 aromatic heterocycles. The molecule has 12 aromatic rings. The predicted molar refractivity (Wildman–Crippen MR) is 221 cm³/mol. The third-order valence-electron chi connectivity index (χ3n) is 10.7. The predicted octanol–water partition coefficient (Wildman–Crippen LogP) is 14.9. The van der Waals surface area contributed by atoms with Crippen LogP contribution >= 0.6 is 11.3 Å². The molecule has 4 heterocycles. The summed E-state index contributed by atoms with van der Waals surface area (Å²) in [7, 11) is 0. The van der Waals surface area contributed by atoms with Gasteiger partial charge in [-0.3, -0.25) is 0 Å². The summed E-state index contributed by atoms with van der Waals surface area (Å²) in [4.78, 5) is 2.28. The number of nitrogens with zero attached hydrogens (tertiary/aromatic N) is 1. The molecular formula is C48H27NO3S. The third kappa shape index (κ3) is 4.11. The van der Waals surface area contributed by atoms with Gasteiger partial charge < -0.3 is 18.2 Å². The molecule has 0 saturated carbocycles. The van der Waals surface area contributed by atoms with Crippen molar-refractivity contribution >= 4 is 114 Å². The van der Waals surface area contributed by atoms with Gasteiger partial charge in [-0.2, -0.15) is 0 Å². The second kappa shape index (κ2) is 10.8. The van der Waals surface area contributed by atoms with Gasteiger partial charge in [0.05, 0.1) is 11.4 Å². The second-order valence-corrected chi connectivity index (χ2v) is 14.6. The van der Waals surface area contributed by atoms with Crippen LogP contribution in [0.5, 0.6) is 0 Å². The zero-order valence-corrected chi connectivity index (χ0v) is 29.0. The van der Waals surface area contributed by atoms with Crippen LogP contribution in [0.15, 0.2) is 177 Å². The van der Waals surface area contributed by atoms with Gasteiger partial charge in [-0.05, 0) is 65.7 Å². The summed E-state index contributed by atoms with van der Waals surface area (Å²) < 4.78 is 22.0. The Bertz CT molecular complexity index is 3300. The molecule has 0 aliphatic rings. The van der Waals surface area contributed by atoms with Gasteiger partial charge in [0.1, 0.15) is 22.3 Å². The van der Waals surface area contributed by atoms with Crippen molar-refractivity contribution in [3.63, 3.8) is 0 Å². The van der Waals surface area contributed by atoms with E-state index in [9.17, 15) is 0 Å². The zero-order valence-electron chi connectivity index (χ0n) is 28.2. The molecule has 0 amide bonds. The van der Waals surface area contributed by atoms with Crippen LogP contribution in [0.2, 0.25) is 0 Å². The molecule has 5 heteroatoms. The molecule has 0 radical (unpaired) electrons. The molecule has 0 fully saturated rings. The standard InChI is InChI=1S/C48H27NO3S/c1-4-19-40-31(10-1)33-14-8-17-38(45(33)51-40)49(39-18-9-15-34-32-11-2-5-20-41(32)52-46(34)39)29-24-22-28(23-25-29)30-13-7-16-35-36-26-27-43-44(48(36)53-47(30)35)37-12-3-6-21-42(37)50-43/h1-27H. The highest BCUT2D eigenvalue weighted by atomic mass is 32.1. The number of thiophene rings is 1. The lowest BCUT2D eigenvalue weighted by Crippen LogP contribution is -2.10. The molecule has 0 aliphatic heterocycles. The summed E-state index contributed by atoms with van der Waals surface area (Å²) in [6.45, 7) is 0. The van der Waals surface area contributed by atoms with Gasteiger partial charge in [-0.1, -0.05) is 109 Å². The summed E-state index contributed by atoms with van der Waals surface area (Å²) >= 11 is 1.85. The maximum Gasteiger partial charge on any atom is 0.159 e. The highest BCUT2D eigenvalue weighted by Gasteiger charge is 2.24. The van der Waals surface area contributed by atoms with Crippen LogP contribution in [0.4, 0.5) is 17.1 Å². The lowest BCUT2D eigenvalue weighted by Gasteiger charge is -2.25. The van der Waals surface area contributed by atoms with E-state index in [0.717, 1.165) is 83.1 Å². The number of benzene rings is 8. The van der Waals surface area contributed by atoms with E-state index >= 15 is 0 Å². The van der Waals surface area contributed by atoms with Crippen LogP contribution < -0.4 is 4.90 Å². The fraction of sp³-hybridized carbons (Fsp3) is 0. The summed E-state index contributed by atoms with van der Waals surface area (Å²) in [6.07, 6.45) is 0. The number of rotatable bonds is 4. The van der Waals surface area contributed by atoms with Gasteiger partial charge in [0.25, 0.3) is 0 Å². The average Bonchev–Trinajstić information content (AvgIpc) is 3.98. The van der Waals surface area contributed by atoms with Crippen molar-refractivity contribution in [3.05, 3.63) is 164 Å². The summed E-state index contributed by atoms with van der Waals surface area (Å²) in [5.74, 6) is 0. The topological polar surface area (TPSA) is 42.7 Å². The highest BCUT2D eigenvalue weighted by molar-refractivity contribution is 7.27. The van der Waals surface area contributed by atoms with Gasteiger partial charge >= 0.3 is 0 Å². The molecule has 8 aromatic carbocycles. The first-order chi connectivity index (χ1) is 26.3. The van der Waals surface area contributed by atoms with Gasteiger partial charge in [0, 0.05) is 58.2 Å². The Balaban J connectivity index is 1.06. The minimum absolute atomic E-state index is 0.832. The normalized spacial score (nSPS) is 12.2. The van der Waals surface area contributed by atoms with Crippen LogP contribution in [0.25, 0.3) is 97.1 Å². The lowest BCUT2D eigenvalue weighted by molar-refractivity contribution is 0.666. The van der Waals surface area contributed by atoms with E-state index in [-0.39, 0.29) is 0 Å². The maximum atomic E-state index is 6.62. The molecule has 0 atom stereocenters. The SMILES string of the molecule is c1ccc2c(c1)oc1c(N(c3ccc(-c4cccc5c4sc4c5ccc5oc6ccccc6c54)cc3)c3cccc4c3oc3ccccc34)cccc12. The molecule has 4 nitrogen and oxygen atoms in total. The van der Waals surface area contributed by atoms with Crippen LogP contribution in [-0.4, -0.2) is 0 Å². The van der Waals surface area contributed by atoms with Gasteiger partial charge in [-0.15, -0.1) is 11.3 Å². The molecule has 0 aliphatic carbocycles. The van der Waals surface area contributed by atoms with E-state index in [1.807, 2.05) is 47.7 Å². The summed E-state index contributed by atoms with van der Waals surface area (Å²) in [6, 6.07) is 57.5. The second-order valence-electron chi connectivity index (χ2n) is 13.6. The Morgan fingerprint density at radius 3 is 1.55 bits per heavy atom. The Morgan fingerprint density at radius 1 is 0.358 bits per heavy atom. The fourth-order valence-electron chi connectivity index (χ4n) is 8.31. The molecule has 0 bridgehead atoms. The Hall–Kier alpha value is -6.82. The zero-order chi connectivity index (χ0) is 34.6. The maximum absolute atomic E-state index is 6.62. The molecule has 53 heavy (non-hydrogen) atoms. The first kappa shape index (κ1) is 28.8. The molecule has 12 rings (SSSR count). The smallest absolute Gasteiger partial charge is 0.159 e. The van der Waals surface area contributed by atoms with Crippen molar-refractivity contribution in [2.24, 2.45) is 0 Å². The van der Waals surface area contributed by atoms with Crippen molar-refractivity contribution in [2.45, 2.75) is 0 Å². The molecule has 0 spiro atoms. The monoisotopic (exact) mass is 697 g/mol. The number of hydrogen-bond donors (Lipinski definition) is 0. The minimum Gasteiger partial charge on any atom is -0.456 e. The number of anilines is 3. The largest absolute Gasteiger partial charge is 0.456 e. The van der Waals surface area contributed by atoms with E-state index in [1.54, 1.807) is 0 Å². The average molecular weight is 698 g/mol. The molecule has 248 valence electrons. The number of hydrogen-bond acceptors (Lipinski definition) is 5. The van der Waals surface area contributed by atoms with Gasteiger partial charge in [0.15, 0.2) is 11.2 Å². The van der Waals surface area contributed by atoms with Crippen molar-refractivity contribution in [3.8, 4) is 11.1 Å². The number of furan rings is 3. The van der Waals surface area contributed by atoms with Crippen molar-refractivity contribution < 1.29 is 13.3 Å². The van der Waals surface area contributed by atoms with Gasteiger partial charge in [0.2, 0.25) is 0 Å². The quantitative estimate of drug-likeness (QED) is 0.184. The highest BCUT2D eigenvalue weighted by Crippen LogP contribution is 2.48. The van der Waals surface area contributed by atoms with Crippen LogP contribution in [0.3, 0.4) is 0 Å². The van der Waals surface area contributed by atoms with Crippen molar-refractivity contribution in [2.75, 3.05) is 4.90 Å². The third-order valence-corrected chi connectivity index (χ3v) is 12.0. The molecule has 0 unspecified atom stereocenters. The van der Waals surface area contributed by atoms with Gasteiger partial charge in [-0.25, -0.2) is 0 Å². The number of fused-ring (bicyclic) bond motifs is 13. The van der Waals surface area contributed by atoms with Crippen LogP contribution in [0.1, 0.15) is 0 Å². The summed E-state index contributed by atoms with van der Waals surface area (Å²) in [5, 5.41) is 9.21.